The maximum absolute atomic E-state index is 13.1. The summed E-state index contributed by atoms with van der Waals surface area (Å²) in [5.41, 5.74) is 3.90. The smallest absolute Gasteiger partial charge is 0.258 e. The van der Waals surface area contributed by atoms with E-state index in [4.69, 9.17) is 9.47 Å². The van der Waals surface area contributed by atoms with Crippen LogP contribution in [-0.4, -0.2) is 31.1 Å². The van der Waals surface area contributed by atoms with Crippen molar-refractivity contribution in [1.82, 2.24) is 4.90 Å². The molecule has 0 spiro atoms. The molecule has 0 fully saturated rings. The van der Waals surface area contributed by atoms with E-state index in [1.807, 2.05) is 43.4 Å². The maximum Gasteiger partial charge on any atom is 0.258 e. The third-order valence-electron chi connectivity index (χ3n) is 4.47. The molecule has 0 saturated carbocycles. The molecule has 2 aliphatic heterocycles. The largest absolute Gasteiger partial charge is 0.493 e. The fraction of sp³-hybridized carbons (Fsp3) is 0.316. The molecule has 0 aliphatic carbocycles. The van der Waals surface area contributed by atoms with Crippen molar-refractivity contribution < 1.29 is 14.3 Å². The van der Waals surface area contributed by atoms with Crippen LogP contribution in [0.15, 0.2) is 36.4 Å². The van der Waals surface area contributed by atoms with Gasteiger partial charge in [-0.05, 0) is 11.6 Å². The van der Waals surface area contributed by atoms with Gasteiger partial charge in [-0.15, -0.1) is 0 Å². The van der Waals surface area contributed by atoms with E-state index in [9.17, 15) is 4.79 Å². The minimum atomic E-state index is 0.00866. The van der Waals surface area contributed by atoms with Crippen LogP contribution in [0.4, 0.5) is 0 Å². The van der Waals surface area contributed by atoms with Crippen molar-refractivity contribution in [3.05, 3.63) is 58.7 Å². The topological polar surface area (TPSA) is 38.8 Å². The van der Waals surface area contributed by atoms with E-state index < -0.39 is 0 Å². The van der Waals surface area contributed by atoms with Crippen LogP contribution < -0.4 is 9.47 Å². The van der Waals surface area contributed by atoms with Gasteiger partial charge < -0.3 is 14.4 Å². The molecule has 1 amide bonds. The summed E-state index contributed by atoms with van der Waals surface area (Å²) in [5.74, 6) is 1.62. The number of carbonyl (C=O) groups is 1. The molecule has 2 aliphatic rings. The number of amides is 1. The van der Waals surface area contributed by atoms with Crippen molar-refractivity contribution in [2.45, 2.75) is 19.4 Å². The van der Waals surface area contributed by atoms with E-state index >= 15 is 0 Å². The summed E-state index contributed by atoms with van der Waals surface area (Å²) in [4.78, 5) is 14.8. The summed E-state index contributed by atoms with van der Waals surface area (Å²) >= 11 is 0. The van der Waals surface area contributed by atoms with E-state index in [-0.39, 0.29) is 5.91 Å². The summed E-state index contributed by atoms with van der Waals surface area (Å²) < 4.78 is 11.5. The Balaban J connectivity index is 1.69. The van der Waals surface area contributed by atoms with Crippen LogP contribution >= 0.6 is 0 Å². The Morgan fingerprint density at radius 1 is 1.13 bits per heavy atom. The molecule has 0 atom stereocenters. The van der Waals surface area contributed by atoms with Crippen LogP contribution in [0.2, 0.25) is 0 Å². The Morgan fingerprint density at radius 3 is 2.74 bits per heavy atom. The minimum Gasteiger partial charge on any atom is -0.493 e. The lowest BCUT2D eigenvalue weighted by Gasteiger charge is -2.20. The fourth-order valence-electron chi connectivity index (χ4n) is 3.33. The number of nitrogens with zero attached hydrogens (tertiary/aromatic N) is 1. The molecule has 4 nitrogen and oxygen atoms in total. The second-order valence-corrected chi connectivity index (χ2v) is 6.06. The number of hydrogen-bond acceptors (Lipinski definition) is 3. The highest BCUT2D eigenvalue weighted by Gasteiger charge is 2.31. The normalized spacial score (nSPS) is 14.7. The number of fused-ring (bicyclic) bond motifs is 2. The Morgan fingerprint density at radius 2 is 1.91 bits per heavy atom. The van der Waals surface area contributed by atoms with Crippen LogP contribution in [0.25, 0.3) is 0 Å². The average Bonchev–Trinajstić information content (AvgIpc) is 3.21. The van der Waals surface area contributed by atoms with Crippen LogP contribution in [0.3, 0.4) is 0 Å². The first kappa shape index (κ1) is 14.1. The van der Waals surface area contributed by atoms with Crippen molar-refractivity contribution in [2.24, 2.45) is 0 Å². The SMILES string of the molecule is CN(Cc1ccccc1)C(=O)c1c2c(cc3c1OCC3)OCC2. The van der Waals surface area contributed by atoms with E-state index in [1.54, 1.807) is 4.90 Å². The number of benzene rings is 2. The Bertz CT molecular complexity index is 723. The van der Waals surface area contributed by atoms with Gasteiger partial charge in [0, 0.05) is 37.6 Å². The molecule has 23 heavy (non-hydrogen) atoms. The molecule has 4 rings (SSSR count). The fourth-order valence-corrected chi connectivity index (χ4v) is 3.33. The molecule has 0 aromatic heterocycles. The monoisotopic (exact) mass is 309 g/mol. The molecule has 0 radical (unpaired) electrons. The first-order valence-electron chi connectivity index (χ1n) is 7.98. The zero-order valence-electron chi connectivity index (χ0n) is 13.2. The molecule has 2 aromatic rings. The van der Waals surface area contributed by atoms with Crippen molar-refractivity contribution in [1.29, 1.82) is 0 Å². The second-order valence-electron chi connectivity index (χ2n) is 6.06. The zero-order chi connectivity index (χ0) is 15.8. The van der Waals surface area contributed by atoms with Crippen molar-refractivity contribution in [2.75, 3.05) is 20.3 Å². The number of ether oxygens (including phenoxy) is 2. The van der Waals surface area contributed by atoms with Gasteiger partial charge in [0.15, 0.2) is 0 Å². The van der Waals surface area contributed by atoms with Gasteiger partial charge in [0.2, 0.25) is 0 Å². The van der Waals surface area contributed by atoms with Gasteiger partial charge in [-0.25, -0.2) is 0 Å². The Hall–Kier alpha value is -2.49. The Labute approximate surface area is 135 Å². The van der Waals surface area contributed by atoms with E-state index in [1.165, 1.54) is 0 Å². The molecule has 0 unspecified atom stereocenters. The summed E-state index contributed by atoms with van der Waals surface area (Å²) in [5, 5.41) is 0. The lowest BCUT2D eigenvalue weighted by molar-refractivity contribution is 0.0780. The molecule has 2 heterocycles. The van der Waals surface area contributed by atoms with Gasteiger partial charge in [-0.3, -0.25) is 4.79 Å². The maximum atomic E-state index is 13.1. The van der Waals surface area contributed by atoms with Gasteiger partial charge in [-0.1, -0.05) is 30.3 Å². The van der Waals surface area contributed by atoms with E-state index in [0.29, 0.717) is 25.3 Å². The molecule has 4 heteroatoms. The summed E-state index contributed by atoms with van der Waals surface area (Å²) in [6.45, 7) is 1.86. The predicted octanol–water partition coefficient (Wildman–Crippen LogP) is 2.83. The molecule has 0 saturated heterocycles. The lowest BCUT2D eigenvalue weighted by Crippen LogP contribution is -2.27. The third-order valence-corrected chi connectivity index (χ3v) is 4.47. The van der Waals surface area contributed by atoms with Crippen LogP contribution in [-0.2, 0) is 19.4 Å². The average molecular weight is 309 g/mol. The van der Waals surface area contributed by atoms with Crippen molar-refractivity contribution >= 4 is 5.91 Å². The quantitative estimate of drug-likeness (QED) is 0.875. The van der Waals surface area contributed by atoms with E-state index in [2.05, 4.69) is 0 Å². The van der Waals surface area contributed by atoms with Gasteiger partial charge in [0.05, 0.1) is 18.8 Å². The van der Waals surface area contributed by atoms with Crippen molar-refractivity contribution in [3.63, 3.8) is 0 Å². The predicted molar refractivity (Wildman–Crippen MR) is 87.1 cm³/mol. The Kier molecular flexibility index (Phi) is 3.45. The van der Waals surface area contributed by atoms with E-state index in [0.717, 1.165) is 41.0 Å². The number of hydrogen-bond donors (Lipinski definition) is 0. The van der Waals surface area contributed by atoms with Crippen LogP contribution in [0.5, 0.6) is 11.5 Å². The molecule has 0 N–H and O–H groups in total. The molecule has 118 valence electrons. The van der Waals surface area contributed by atoms with Gasteiger partial charge in [-0.2, -0.15) is 0 Å². The lowest BCUT2D eigenvalue weighted by atomic mass is 9.98. The zero-order valence-corrected chi connectivity index (χ0v) is 13.2. The number of carbonyl (C=O) groups excluding carboxylic acids is 1. The third kappa shape index (κ3) is 2.44. The molecule has 0 bridgehead atoms. The molecular formula is C19H19NO3. The van der Waals surface area contributed by atoms with Gasteiger partial charge in [0.1, 0.15) is 11.5 Å². The van der Waals surface area contributed by atoms with Gasteiger partial charge in [0.25, 0.3) is 5.91 Å². The first-order valence-corrected chi connectivity index (χ1v) is 7.98. The highest BCUT2D eigenvalue weighted by Crippen LogP contribution is 2.41. The minimum absolute atomic E-state index is 0.00866. The summed E-state index contributed by atoms with van der Waals surface area (Å²) in [6.07, 6.45) is 1.61. The second kappa shape index (κ2) is 5.61. The standard InChI is InChI=1S/C19H19NO3/c1-20(12-13-5-3-2-4-6-13)19(21)17-15-8-10-22-16(15)11-14-7-9-23-18(14)17/h2-6,11H,7-10,12H2,1H3. The highest BCUT2D eigenvalue weighted by molar-refractivity contribution is 6.00. The van der Waals surface area contributed by atoms with Crippen LogP contribution in [0.1, 0.15) is 27.0 Å². The van der Waals surface area contributed by atoms with Gasteiger partial charge >= 0.3 is 0 Å². The first-order chi connectivity index (χ1) is 11.2. The summed E-state index contributed by atoms with van der Waals surface area (Å²) in [7, 11) is 1.84. The molecular weight excluding hydrogens is 290 g/mol. The summed E-state index contributed by atoms with van der Waals surface area (Å²) in [6, 6.07) is 12.1. The van der Waals surface area contributed by atoms with Crippen molar-refractivity contribution in [3.8, 4) is 11.5 Å². The number of rotatable bonds is 3. The highest BCUT2D eigenvalue weighted by atomic mass is 16.5. The van der Waals surface area contributed by atoms with Crippen LogP contribution in [0, 0.1) is 0 Å². The molecule has 2 aromatic carbocycles.